The fourth-order valence-electron chi connectivity index (χ4n) is 3.93. The van der Waals surface area contributed by atoms with Crippen molar-refractivity contribution in [2.45, 2.75) is 58.0 Å². The maximum Gasteiger partial charge on any atom is 0.243 e. The second-order valence-electron chi connectivity index (χ2n) is 9.21. The first kappa shape index (κ1) is 29.1. The van der Waals surface area contributed by atoms with E-state index in [9.17, 15) is 9.59 Å². The van der Waals surface area contributed by atoms with Crippen molar-refractivity contribution in [1.29, 1.82) is 0 Å². The van der Waals surface area contributed by atoms with Crippen molar-refractivity contribution >= 4 is 46.8 Å². The van der Waals surface area contributed by atoms with Crippen LogP contribution in [0.2, 0.25) is 10.0 Å². The van der Waals surface area contributed by atoms with Crippen LogP contribution in [-0.4, -0.2) is 34.6 Å². The van der Waals surface area contributed by atoms with Crippen LogP contribution in [0.4, 0.5) is 0 Å². The number of carbonyl (C=O) groups excluding carboxylic acids is 2. The molecule has 7 heteroatoms. The summed E-state index contributed by atoms with van der Waals surface area (Å²) < 4.78 is 0. The fraction of sp³-hybridized carbons (Fsp3) is 0.333. The molecule has 0 saturated carbocycles. The van der Waals surface area contributed by atoms with Crippen LogP contribution in [0.15, 0.2) is 72.8 Å². The van der Waals surface area contributed by atoms with Crippen molar-refractivity contribution in [2.75, 3.05) is 5.75 Å². The van der Waals surface area contributed by atoms with Crippen molar-refractivity contribution in [3.8, 4) is 0 Å². The molecule has 2 amide bonds. The maximum absolute atomic E-state index is 13.7. The third-order valence-corrected chi connectivity index (χ3v) is 8.08. The highest BCUT2D eigenvalue weighted by Gasteiger charge is 2.31. The van der Waals surface area contributed by atoms with Crippen LogP contribution < -0.4 is 5.32 Å². The van der Waals surface area contributed by atoms with Crippen LogP contribution in [0.5, 0.6) is 0 Å². The largest absolute Gasteiger partial charge is 0.352 e. The Kier molecular flexibility index (Phi) is 11.4. The van der Waals surface area contributed by atoms with Crippen molar-refractivity contribution in [1.82, 2.24) is 10.2 Å². The standard InChI is InChI=1S/C30H34Cl2N2O2S/c1-4-22(3)33-30(36)28(17-23-11-6-5-7-12-23)34(18-25-13-9-8-10-21(25)2)29(35)20-37-19-24-14-15-26(31)27(32)16-24/h5-16,22,28H,4,17-20H2,1-3H3,(H,33,36)/t22-,28-/m1/s1. The SMILES string of the molecule is CC[C@@H](C)NC(=O)[C@@H](Cc1ccccc1)N(Cc1ccccc1C)C(=O)CSCc1ccc(Cl)c(Cl)c1. The van der Waals surface area contributed by atoms with Gasteiger partial charge in [0.15, 0.2) is 0 Å². The smallest absolute Gasteiger partial charge is 0.243 e. The predicted molar refractivity (Wildman–Crippen MR) is 156 cm³/mol. The Morgan fingerprint density at radius 2 is 1.65 bits per heavy atom. The van der Waals surface area contributed by atoms with Gasteiger partial charge in [-0.1, -0.05) is 90.8 Å². The van der Waals surface area contributed by atoms with E-state index >= 15 is 0 Å². The van der Waals surface area contributed by atoms with Gasteiger partial charge in [-0.15, -0.1) is 11.8 Å². The topological polar surface area (TPSA) is 49.4 Å². The molecule has 0 spiro atoms. The van der Waals surface area contributed by atoms with Gasteiger partial charge in [-0.3, -0.25) is 9.59 Å². The minimum absolute atomic E-state index is 0.0187. The van der Waals surface area contributed by atoms with E-state index in [-0.39, 0.29) is 23.6 Å². The van der Waals surface area contributed by atoms with Crippen molar-refractivity contribution in [2.24, 2.45) is 0 Å². The van der Waals surface area contributed by atoms with Crippen LogP contribution in [-0.2, 0) is 28.3 Å². The summed E-state index contributed by atoms with van der Waals surface area (Å²) in [4.78, 5) is 29.0. The van der Waals surface area contributed by atoms with Crippen molar-refractivity contribution < 1.29 is 9.59 Å². The number of nitrogens with one attached hydrogen (secondary N) is 1. The molecule has 196 valence electrons. The lowest BCUT2D eigenvalue weighted by molar-refractivity contribution is -0.139. The van der Waals surface area contributed by atoms with E-state index in [1.807, 2.05) is 87.5 Å². The first-order valence-corrected chi connectivity index (χ1v) is 14.4. The molecule has 0 aromatic heterocycles. The predicted octanol–water partition coefficient (Wildman–Crippen LogP) is 7.09. The summed E-state index contributed by atoms with van der Waals surface area (Å²) in [6.45, 7) is 6.41. The summed E-state index contributed by atoms with van der Waals surface area (Å²) in [6.07, 6.45) is 1.26. The second kappa shape index (κ2) is 14.5. The molecule has 3 rings (SSSR count). The highest BCUT2D eigenvalue weighted by atomic mass is 35.5. The lowest BCUT2D eigenvalue weighted by Crippen LogP contribution is -2.52. The molecule has 4 nitrogen and oxygen atoms in total. The molecule has 37 heavy (non-hydrogen) atoms. The van der Waals surface area contributed by atoms with Crippen LogP contribution in [0.3, 0.4) is 0 Å². The second-order valence-corrected chi connectivity index (χ2v) is 11.0. The number of rotatable bonds is 12. The number of halogens is 2. The van der Waals surface area contributed by atoms with Gasteiger partial charge in [0.2, 0.25) is 11.8 Å². The van der Waals surface area contributed by atoms with Crippen LogP contribution in [0, 0.1) is 6.92 Å². The molecule has 1 N–H and O–H groups in total. The minimum Gasteiger partial charge on any atom is -0.352 e. The molecule has 0 aliphatic carbocycles. The summed E-state index contributed by atoms with van der Waals surface area (Å²) in [5, 5.41) is 4.12. The van der Waals surface area contributed by atoms with E-state index < -0.39 is 6.04 Å². The molecule has 0 radical (unpaired) electrons. The highest BCUT2D eigenvalue weighted by molar-refractivity contribution is 7.99. The number of amides is 2. The zero-order valence-electron chi connectivity index (χ0n) is 21.5. The summed E-state index contributed by atoms with van der Waals surface area (Å²) in [6, 6.07) is 22.8. The monoisotopic (exact) mass is 556 g/mol. The van der Waals surface area contributed by atoms with Crippen LogP contribution in [0.25, 0.3) is 0 Å². The lowest BCUT2D eigenvalue weighted by atomic mass is 10.0. The zero-order chi connectivity index (χ0) is 26.8. The van der Waals surface area contributed by atoms with Gasteiger partial charge in [-0.2, -0.15) is 0 Å². The molecule has 0 unspecified atom stereocenters. The minimum atomic E-state index is -0.630. The molecule has 3 aromatic rings. The number of carbonyl (C=O) groups is 2. The van der Waals surface area contributed by atoms with E-state index in [2.05, 4.69) is 5.32 Å². The van der Waals surface area contributed by atoms with E-state index in [0.717, 1.165) is 28.7 Å². The van der Waals surface area contributed by atoms with Crippen molar-refractivity contribution in [3.05, 3.63) is 105 Å². The lowest BCUT2D eigenvalue weighted by Gasteiger charge is -2.32. The molecule has 0 saturated heterocycles. The van der Waals surface area contributed by atoms with Crippen LogP contribution in [0.1, 0.15) is 42.5 Å². The van der Waals surface area contributed by atoms with Gasteiger partial charge in [-0.25, -0.2) is 0 Å². The summed E-state index contributed by atoms with van der Waals surface area (Å²) in [5.41, 5.74) is 4.12. The third kappa shape index (κ3) is 8.80. The van der Waals surface area contributed by atoms with Crippen molar-refractivity contribution in [3.63, 3.8) is 0 Å². The van der Waals surface area contributed by atoms with Gasteiger partial charge in [0, 0.05) is 24.8 Å². The van der Waals surface area contributed by atoms with Gasteiger partial charge < -0.3 is 10.2 Å². The molecular weight excluding hydrogens is 523 g/mol. The molecule has 0 fully saturated rings. The molecule has 3 aromatic carbocycles. The first-order chi connectivity index (χ1) is 17.8. The zero-order valence-corrected chi connectivity index (χ0v) is 23.9. The fourth-order valence-corrected chi connectivity index (χ4v) is 5.11. The van der Waals surface area contributed by atoms with Gasteiger partial charge in [-0.05, 0) is 54.7 Å². The van der Waals surface area contributed by atoms with Gasteiger partial charge in [0.1, 0.15) is 6.04 Å². The number of aryl methyl sites for hydroxylation is 1. The Balaban J connectivity index is 1.86. The van der Waals surface area contributed by atoms with E-state index in [1.54, 1.807) is 11.0 Å². The number of hydrogen-bond donors (Lipinski definition) is 1. The Bertz CT molecular complexity index is 1190. The van der Waals surface area contributed by atoms with Gasteiger partial charge >= 0.3 is 0 Å². The molecule has 0 bridgehead atoms. The summed E-state index contributed by atoms with van der Waals surface area (Å²) >= 11 is 13.7. The normalized spacial score (nSPS) is 12.6. The summed E-state index contributed by atoms with van der Waals surface area (Å²) in [7, 11) is 0. The average Bonchev–Trinajstić information content (AvgIpc) is 2.89. The number of thioether (sulfide) groups is 1. The Hall–Kier alpha value is -2.47. The van der Waals surface area contributed by atoms with E-state index in [1.165, 1.54) is 11.8 Å². The first-order valence-electron chi connectivity index (χ1n) is 12.5. The molecule has 0 aliphatic heterocycles. The Morgan fingerprint density at radius 3 is 2.32 bits per heavy atom. The van der Waals surface area contributed by atoms with Gasteiger partial charge in [0.25, 0.3) is 0 Å². The number of nitrogens with zero attached hydrogens (tertiary/aromatic N) is 1. The maximum atomic E-state index is 13.7. The molecule has 0 aliphatic rings. The van der Waals surface area contributed by atoms with E-state index in [4.69, 9.17) is 23.2 Å². The summed E-state index contributed by atoms with van der Waals surface area (Å²) in [5.74, 6) is 0.653. The quantitative estimate of drug-likeness (QED) is 0.259. The Morgan fingerprint density at radius 1 is 0.946 bits per heavy atom. The van der Waals surface area contributed by atoms with Crippen LogP contribution >= 0.6 is 35.0 Å². The van der Waals surface area contributed by atoms with E-state index in [0.29, 0.717) is 28.8 Å². The molecular formula is C30H34Cl2N2O2S. The highest BCUT2D eigenvalue weighted by Crippen LogP contribution is 2.25. The number of hydrogen-bond acceptors (Lipinski definition) is 3. The third-order valence-electron chi connectivity index (χ3n) is 6.35. The Labute approximate surface area is 234 Å². The average molecular weight is 558 g/mol. The molecule has 0 heterocycles. The number of benzene rings is 3. The molecule has 2 atom stereocenters. The van der Waals surface area contributed by atoms with Gasteiger partial charge in [0.05, 0.1) is 15.8 Å².